The molecule has 0 saturated carbocycles. The maximum Gasteiger partial charge on any atom is 0.234 e. The molecule has 96 valence electrons. The summed E-state index contributed by atoms with van der Waals surface area (Å²) in [6.45, 7) is 11.6. The lowest BCUT2D eigenvalue weighted by molar-refractivity contribution is -0.119. The lowest BCUT2D eigenvalue weighted by Gasteiger charge is -2.21. The molecule has 0 aliphatic carbocycles. The minimum atomic E-state index is -0.282. The molecule has 0 aliphatic heterocycles. The minimum absolute atomic E-state index is 0.233. The van der Waals surface area contributed by atoms with E-state index in [1.165, 1.54) is 0 Å². The van der Waals surface area contributed by atoms with Crippen LogP contribution in [0.3, 0.4) is 0 Å². The van der Waals surface area contributed by atoms with Gasteiger partial charge in [0.15, 0.2) is 0 Å². The van der Waals surface area contributed by atoms with Crippen molar-refractivity contribution in [3.63, 3.8) is 0 Å². The van der Waals surface area contributed by atoms with Crippen molar-refractivity contribution in [2.45, 2.75) is 52.6 Å². The van der Waals surface area contributed by atoms with Crippen LogP contribution in [-0.4, -0.2) is 42.5 Å². The van der Waals surface area contributed by atoms with Crippen molar-refractivity contribution in [3.8, 4) is 0 Å². The number of nitrogens with zero attached hydrogens (tertiary/aromatic N) is 1. The van der Waals surface area contributed by atoms with Crippen LogP contribution < -0.4 is 11.1 Å². The average molecular weight is 229 g/mol. The summed E-state index contributed by atoms with van der Waals surface area (Å²) >= 11 is 0. The molecule has 0 aromatic carbocycles. The molecular weight excluding hydrogens is 202 g/mol. The highest BCUT2D eigenvalue weighted by Crippen LogP contribution is 2.00. The molecule has 0 radical (unpaired) electrons. The van der Waals surface area contributed by atoms with E-state index in [0.29, 0.717) is 6.04 Å². The van der Waals surface area contributed by atoms with E-state index in [-0.39, 0.29) is 11.9 Å². The Labute approximate surface area is 99.6 Å². The van der Waals surface area contributed by atoms with Gasteiger partial charge in [0.05, 0.1) is 6.04 Å². The molecule has 0 aromatic rings. The van der Waals surface area contributed by atoms with Gasteiger partial charge in [0, 0.05) is 6.04 Å². The molecule has 0 saturated heterocycles. The summed E-state index contributed by atoms with van der Waals surface area (Å²) in [5.41, 5.74) is 5.19. The van der Waals surface area contributed by atoms with Crippen LogP contribution in [0.2, 0.25) is 0 Å². The van der Waals surface area contributed by atoms with Crippen molar-refractivity contribution >= 4 is 5.91 Å². The second kappa shape index (κ2) is 8.53. The highest BCUT2D eigenvalue weighted by atomic mass is 16.1. The van der Waals surface area contributed by atoms with Gasteiger partial charge in [0.25, 0.3) is 0 Å². The SMILES string of the molecule is CCN(CC)CCCC(C)NC(C)C(N)=O. The summed E-state index contributed by atoms with van der Waals surface area (Å²) in [6.07, 6.45) is 2.23. The first-order valence-electron chi connectivity index (χ1n) is 6.28. The second-order valence-electron chi connectivity index (χ2n) is 4.36. The largest absolute Gasteiger partial charge is 0.368 e. The zero-order valence-electron chi connectivity index (χ0n) is 11.1. The highest BCUT2D eigenvalue weighted by Gasteiger charge is 2.11. The summed E-state index contributed by atoms with van der Waals surface area (Å²) < 4.78 is 0. The molecule has 0 bridgehead atoms. The van der Waals surface area contributed by atoms with Gasteiger partial charge in [-0.1, -0.05) is 13.8 Å². The van der Waals surface area contributed by atoms with Crippen molar-refractivity contribution in [1.82, 2.24) is 10.2 Å². The molecule has 2 atom stereocenters. The molecule has 0 aromatic heterocycles. The smallest absolute Gasteiger partial charge is 0.234 e. The summed E-state index contributed by atoms with van der Waals surface area (Å²) in [7, 11) is 0. The molecular formula is C12H27N3O. The number of amides is 1. The Balaban J connectivity index is 3.65. The molecule has 0 rings (SSSR count). The van der Waals surface area contributed by atoms with Crippen LogP contribution >= 0.6 is 0 Å². The van der Waals surface area contributed by atoms with E-state index in [1.807, 2.05) is 6.92 Å². The topological polar surface area (TPSA) is 58.4 Å². The zero-order chi connectivity index (χ0) is 12.6. The van der Waals surface area contributed by atoms with E-state index in [9.17, 15) is 4.79 Å². The predicted octanol–water partition coefficient (Wildman–Crippen LogP) is 0.960. The van der Waals surface area contributed by atoms with Gasteiger partial charge in [-0.25, -0.2) is 0 Å². The standard InChI is InChI=1S/C12H27N3O/c1-5-15(6-2)9-7-8-10(3)14-11(4)12(13)16/h10-11,14H,5-9H2,1-4H3,(H2,13,16). The van der Waals surface area contributed by atoms with Crippen LogP contribution in [-0.2, 0) is 4.79 Å². The van der Waals surface area contributed by atoms with Crippen LogP contribution in [0, 0.1) is 0 Å². The number of carbonyl (C=O) groups is 1. The number of hydrogen-bond acceptors (Lipinski definition) is 3. The predicted molar refractivity (Wildman–Crippen MR) is 68.3 cm³/mol. The van der Waals surface area contributed by atoms with Crippen molar-refractivity contribution in [1.29, 1.82) is 0 Å². The fourth-order valence-electron chi connectivity index (χ4n) is 1.75. The van der Waals surface area contributed by atoms with Gasteiger partial charge >= 0.3 is 0 Å². The number of primary amides is 1. The average Bonchev–Trinajstić information content (AvgIpc) is 2.24. The molecule has 0 heterocycles. The van der Waals surface area contributed by atoms with Gasteiger partial charge in [0.1, 0.15) is 0 Å². The number of rotatable bonds is 9. The van der Waals surface area contributed by atoms with Gasteiger partial charge in [-0.15, -0.1) is 0 Å². The van der Waals surface area contributed by atoms with E-state index in [0.717, 1.165) is 32.5 Å². The van der Waals surface area contributed by atoms with Crippen LogP contribution in [0.25, 0.3) is 0 Å². The number of carbonyl (C=O) groups excluding carboxylic acids is 1. The van der Waals surface area contributed by atoms with Gasteiger partial charge in [-0.05, 0) is 46.3 Å². The molecule has 1 amide bonds. The summed E-state index contributed by atoms with van der Waals surface area (Å²) in [4.78, 5) is 13.3. The third-order valence-corrected chi connectivity index (χ3v) is 2.97. The number of nitrogens with one attached hydrogen (secondary N) is 1. The summed E-state index contributed by atoms with van der Waals surface area (Å²) in [5.74, 6) is -0.282. The Morgan fingerprint density at radius 3 is 2.31 bits per heavy atom. The lowest BCUT2D eigenvalue weighted by Crippen LogP contribution is -2.43. The van der Waals surface area contributed by atoms with Gasteiger partial charge in [-0.3, -0.25) is 4.79 Å². The van der Waals surface area contributed by atoms with E-state index in [1.54, 1.807) is 0 Å². The first-order chi connectivity index (χ1) is 7.51. The molecule has 2 unspecified atom stereocenters. The lowest BCUT2D eigenvalue weighted by atomic mass is 10.1. The Kier molecular flexibility index (Phi) is 8.21. The van der Waals surface area contributed by atoms with E-state index in [4.69, 9.17) is 5.73 Å². The minimum Gasteiger partial charge on any atom is -0.368 e. The first-order valence-corrected chi connectivity index (χ1v) is 6.28. The van der Waals surface area contributed by atoms with Crippen LogP contribution in [0.1, 0.15) is 40.5 Å². The van der Waals surface area contributed by atoms with Crippen molar-refractivity contribution < 1.29 is 4.79 Å². The summed E-state index contributed by atoms with van der Waals surface area (Å²) in [5, 5.41) is 3.20. The third kappa shape index (κ3) is 6.80. The monoisotopic (exact) mass is 229 g/mol. The first kappa shape index (κ1) is 15.4. The maximum absolute atomic E-state index is 10.9. The van der Waals surface area contributed by atoms with E-state index < -0.39 is 0 Å². The molecule has 0 fully saturated rings. The fourth-order valence-corrected chi connectivity index (χ4v) is 1.75. The quantitative estimate of drug-likeness (QED) is 0.619. The van der Waals surface area contributed by atoms with Crippen LogP contribution in [0.5, 0.6) is 0 Å². The molecule has 0 aliphatic rings. The van der Waals surface area contributed by atoms with Crippen molar-refractivity contribution in [3.05, 3.63) is 0 Å². The van der Waals surface area contributed by atoms with Gasteiger partial charge in [0.2, 0.25) is 5.91 Å². The second-order valence-corrected chi connectivity index (χ2v) is 4.36. The molecule has 0 spiro atoms. The maximum atomic E-state index is 10.9. The molecule has 3 N–H and O–H groups in total. The molecule has 4 nitrogen and oxygen atoms in total. The Morgan fingerprint density at radius 1 is 1.31 bits per heavy atom. The van der Waals surface area contributed by atoms with Crippen molar-refractivity contribution in [2.75, 3.05) is 19.6 Å². The Hall–Kier alpha value is -0.610. The Bertz CT molecular complexity index is 193. The Morgan fingerprint density at radius 2 is 1.88 bits per heavy atom. The third-order valence-electron chi connectivity index (χ3n) is 2.97. The van der Waals surface area contributed by atoms with E-state index in [2.05, 4.69) is 31.0 Å². The number of hydrogen-bond donors (Lipinski definition) is 2. The van der Waals surface area contributed by atoms with Gasteiger partial charge < -0.3 is 16.0 Å². The van der Waals surface area contributed by atoms with Crippen LogP contribution in [0.15, 0.2) is 0 Å². The molecule has 16 heavy (non-hydrogen) atoms. The van der Waals surface area contributed by atoms with Crippen molar-refractivity contribution in [2.24, 2.45) is 5.73 Å². The zero-order valence-corrected chi connectivity index (χ0v) is 11.1. The normalized spacial score (nSPS) is 15.1. The summed E-state index contributed by atoms with van der Waals surface area (Å²) in [6, 6.07) is 0.113. The van der Waals surface area contributed by atoms with Gasteiger partial charge in [-0.2, -0.15) is 0 Å². The number of nitrogens with two attached hydrogens (primary N) is 1. The van der Waals surface area contributed by atoms with Crippen LogP contribution in [0.4, 0.5) is 0 Å². The molecule has 4 heteroatoms. The fraction of sp³-hybridized carbons (Fsp3) is 0.917. The highest BCUT2D eigenvalue weighted by molar-refractivity contribution is 5.79. The van der Waals surface area contributed by atoms with E-state index >= 15 is 0 Å².